The largest absolute Gasteiger partial charge is 0.393 e. The average molecular weight is 244 g/mol. The van der Waals surface area contributed by atoms with E-state index in [0.717, 1.165) is 25.9 Å². The maximum atomic E-state index is 5.50. The van der Waals surface area contributed by atoms with E-state index < -0.39 is 0 Å². The number of rotatable bonds is 6. The van der Waals surface area contributed by atoms with Gasteiger partial charge in [0.25, 0.3) is 0 Å². The Balaban J connectivity index is 2.15. The molecule has 0 radical (unpaired) electrons. The third-order valence-corrected chi connectivity index (χ3v) is 3.63. The van der Waals surface area contributed by atoms with E-state index in [1.807, 2.05) is 7.11 Å². The summed E-state index contributed by atoms with van der Waals surface area (Å²) < 4.78 is 5.50. The van der Waals surface area contributed by atoms with Crippen molar-refractivity contribution in [3.05, 3.63) is 0 Å². The fourth-order valence-corrected chi connectivity index (χ4v) is 2.39. The molecule has 4 heteroatoms. The van der Waals surface area contributed by atoms with Crippen molar-refractivity contribution in [3.63, 3.8) is 0 Å². The van der Waals surface area contributed by atoms with Crippen LogP contribution < -0.4 is 5.73 Å². The summed E-state index contributed by atoms with van der Waals surface area (Å²) in [4.78, 5) is 3.13. The molecule has 16 heavy (non-hydrogen) atoms. The van der Waals surface area contributed by atoms with E-state index >= 15 is 0 Å². The molecule has 0 saturated carbocycles. The second-order valence-electron chi connectivity index (χ2n) is 4.76. The van der Waals surface area contributed by atoms with Gasteiger partial charge >= 0.3 is 0 Å². The number of nitrogens with two attached hydrogens (primary N) is 1. The highest BCUT2D eigenvalue weighted by atomic mass is 32.1. The molecule has 0 spiro atoms. The smallest absolute Gasteiger partial charge is 0.0727 e. The average Bonchev–Trinajstić information content (AvgIpc) is 2.26. The molecule has 0 aliphatic carbocycles. The second kappa shape index (κ2) is 7.20. The van der Waals surface area contributed by atoms with Gasteiger partial charge in [-0.2, -0.15) is 0 Å². The Labute approximate surface area is 104 Å². The van der Waals surface area contributed by atoms with Gasteiger partial charge in [0.05, 0.1) is 11.1 Å². The van der Waals surface area contributed by atoms with Crippen molar-refractivity contribution in [2.24, 2.45) is 11.7 Å². The van der Waals surface area contributed by atoms with E-state index in [1.54, 1.807) is 0 Å². The van der Waals surface area contributed by atoms with Gasteiger partial charge in [0.2, 0.25) is 0 Å². The Morgan fingerprint density at radius 1 is 1.50 bits per heavy atom. The molecule has 0 bridgehead atoms. The third kappa shape index (κ3) is 4.76. The Morgan fingerprint density at radius 3 is 2.88 bits per heavy atom. The molecule has 1 rings (SSSR count). The van der Waals surface area contributed by atoms with Crippen molar-refractivity contribution in [1.29, 1.82) is 0 Å². The Bertz CT molecular complexity index is 223. The second-order valence-corrected chi connectivity index (χ2v) is 5.29. The number of thiocarbonyl (C=S) groups is 1. The van der Waals surface area contributed by atoms with Gasteiger partial charge in [-0.3, -0.25) is 0 Å². The van der Waals surface area contributed by atoms with Crippen molar-refractivity contribution >= 4 is 17.2 Å². The highest BCUT2D eigenvalue weighted by Crippen LogP contribution is 2.19. The highest BCUT2D eigenvalue weighted by molar-refractivity contribution is 7.80. The van der Waals surface area contributed by atoms with Gasteiger partial charge in [0.1, 0.15) is 0 Å². The first kappa shape index (κ1) is 13.9. The van der Waals surface area contributed by atoms with Crippen LogP contribution in [0.5, 0.6) is 0 Å². The molecule has 1 heterocycles. The molecule has 1 aliphatic heterocycles. The van der Waals surface area contributed by atoms with Gasteiger partial charge in [-0.15, -0.1) is 0 Å². The van der Waals surface area contributed by atoms with E-state index in [1.165, 1.54) is 19.4 Å². The van der Waals surface area contributed by atoms with Gasteiger partial charge in [-0.25, -0.2) is 0 Å². The van der Waals surface area contributed by atoms with Crippen LogP contribution in [0.1, 0.15) is 32.6 Å². The summed E-state index contributed by atoms with van der Waals surface area (Å²) in [5.41, 5.74) is 5.47. The molecule has 3 nitrogen and oxygen atoms in total. The zero-order chi connectivity index (χ0) is 12.0. The van der Waals surface area contributed by atoms with E-state index in [2.05, 4.69) is 11.8 Å². The fourth-order valence-electron chi connectivity index (χ4n) is 2.24. The first-order valence-electron chi connectivity index (χ1n) is 6.17. The lowest BCUT2D eigenvalue weighted by Gasteiger charge is -2.36. The molecule has 0 amide bonds. The summed E-state index contributed by atoms with van der Waals surface area (Å²) in [5, 5.41) is 0. The molecule has 0 aromatic carbocycles. The van der Waals surface area contributed by atoms with Crippen LogP contribution in [0.25, 0.3) is 0 Å². The monoisotopic (exact) mass is 244 g/mol. The van der Waals surface area contributed by atoms with Crippen molar-refractivity contribution < 1.29 is 4.74 Å². The summed E-state index contributed by atoms with van der Waals surface area (Å²) in [6.07, 6.45) is 4.83. The van der Waals surface area contributed by atoms with E-state index in [0.29, 0.717) is 17.0 Å². The molecular weight excluding hydrogens is 220 g/mol. The highest BCUT2D eigenvalue weighted by Gasteiger charge is 2.25. The molecule has 94 valence electrons. The van der Waals surface area contributed by atoms with Crippen LogP contribution in [0.15, 0.2) is 0 Å². The van der Waals surface area contributed by atoms with Crippen molar-refractivity contribution in [1.82, 2.24) is 4.90 Å². The standard InChI is InChI=1S/C12H24N2OS/c1-10-6-8-14(9-11(10)15-2)7-4-3-5-12(13)16/h10-11H,3-9H2,1-2H3,(H2,13,16). The Kier molecular flexibility index (Phi) is 6.24. The SMILES string of the molecule is COC1CN(CCCCC(N)=S)CCC1C. The van der Waals surface area contributed by atoms with Gasteiger partial charge in [-0.1, -0.05) is 19.1 Å². The third-order valence-electron chi connectivity index (χ3n) is 3.42. The molecule has 1 aliphatic rings. The van der Waals surface area contributed by atoms with Crippen molar-refractivity contribution in [3.8, 4) is 0 Å². The van der Waals surface area contributed by atoms with Gasteiger partial charge < -0.3 is 15.4 Å². The van der Waals surface area contributed by atoms with Crippen LogP contribution in [-0.4, -0.2) is 42.7 Å². The van der Waals surface area contributed by atoms with Gasteiger partial charge in [0, 0.05) is 13.7 Å². The van der Waals surface area contributed by atoms with E-state index in [-0.39, 0.29) is 0 Å². The van der Waals surface area contributed by atoms with Crippen LogP contribution in [-0.2, 0) is 4.74 Å². The Hall–Kier alpha value is -0.190. The number of piperidine rings is 1. The molecule has 0 aromatic heterocycles. The number of ether oxygens (including phenoxy) is 1. The van der Waals surface area contributed by atoms with Gasteiger partial charge in [0.15, 0.2) is 0 Å². The van der Waals surface area contributed by atoms with Crippen molar-refractivity contribution in [2.75, 3.05) is 26.7 Å². The fraction of sp³-hybridized carbons (Fsp3) is 0.917. The lowest BCUT2D eigenvalue weighted by Crippen LogP contribution is -2.44. The molecule has 1 fully saturated rings. The topological polar surface area (TPSA) is 38.5 Å². The lowest BCUT2D eigenvalue weighted by molar-refractivity contribution is -0.00518. The number of likely N-dealkylation sites (tertiary alicyclic amines) is 1. The minimum Gasteiger partial charge on any atom is -0.393 e. The first-order valence-corrected chi connectivity index (χ1v) is 6.57. The zero-order valence-electron chi connectivity index (χ0n) is 10.4. The number of nitrogens with zero attached hydrogens (tertiary/aromatic N) is 1. The van der Waals surface area contributed by atoms with Crippen LogP contribution >= 0.6 is 12.2 Å². The summed E-state index contributed by atoms with van der Waals surface area (Å²) in [7, 11) is 1.82. The molecule has 2 N–H and O–H groups in total. The molecule has 2 atom stereocenters. The number of hydrogen-bond donors (Lipinski definition) is 1. The summed E-state index contributed by atoms with van der Waals surface area (Å²) in [6, 6.07) is 0. The van der Waals surface area contributed by atoms with Crippen LogP contribution in [0.2, 0.25) is 0 Å². The molecular formula is C12H24N2OS. The quantitative estimate of drug-likeness (QED) is 0.571. The summed E-state index contributed by atoms with van der Waals surface area (Å²) >= 11 is 4.86. The number of hydrogen-bond acceptors (Lipinski definition) is 3. The van der Waals surface area contributed by atoms with Crippen molar-refractivity contribution in [2.45, 2.75) is 38.7 Å². The van der Waals surface area contributed by atoms with Gasteiger partial charge in [-0.05, 0) is 44.7 Å². The first-order chi connectivity index (χ1) is 7.63. The number of unbranched alkanes of at least 4 members (excludes halogenated alkanes) is 1. The minimum absolute atomic E-state index is 0.407. The normalized spacial score (nSPS) is 26.9. The minimum atomic E-state index is 0.407. The zero-order valence-corrected chi connectivity index (χ0v) is 11.3. The molecule has 0 aromatic rings. The van der Waals surface area contributed by atoms with E-state index in [4.69, 9.17) is 22.7 Å². The molecule has 1 saturated heterocycles. The summed E-state index contributed by atoms with van der Waals surface area (Å²) in [6.45, 7) is 5.70. The van der Waals surface area contributed by atoms with Crippen LogP contribution in [0.4, 0.5) is 0 Å². The van der Waals surface area contributed by atoms with Crippen LogP contribution in [0, 0.1) is 5.92 Å². The lowest BCUT2D eigenvalue weighted by atomic mass is 9.95. The molecule has 2 unspecified atom stereocenters. The van der Waals surface area contributed by atoms with E-state index in [9.17, 15) is 0 Å². The van der Waals surface area contributed by atoms with Crippen LogP contribution in [0.3, 0.4) is 0 Å². The number of methoxy groups -OCH3 is 1. The predicted molar refractivity (Wildman–Crippen MR) is 71.7 cm³/mol. The summed E-state index contributed by atoms with van der Waals surface area (Å²) in [5.74, 6) is 0.692. The predicted octanol–water partition coefficient (Wildman–Crippen LogP) is 1.80. The Morgan fingerprint density at radius 2 is 2.25 bits per heavy atom. The maximum Gasteiger partial charge on any atom is 0.0727 e. The maximum absolute atomic E-state index is 5.50.